The van der Waals surface area contributed by atoms with Gasteiger partial charge in [-0.2, -0.15) is 4.98 Å². The van der Waals surface area contributed by atoms with Gasteiger partial charge in [0.25, 0.3) is 0 Å². The summed E-state index contributed by atoms with van der Waals surface area (Å²) in [6.45, 7) is 7.55. The molecule has 1 amide bonds. The maximum Gasteiger partial charge on any atom is 0.227 e. The van der Waals surface area contributed by atoms with E-state index < -0.39 is 0 Å². The fourth-order valence-corrected chi connectivity index (χ4v) is 3.26. The highest BCUT2D eigenvalue weighted by Gasteiger charge is 2.22. The lowest BCUT2D eigenvalue weighted by molar-refractivity contribution is -0.131. The zero-order valence-corrected chi connectivity index (χ0v) is 14.1. The van der Waals surface area contributed by atoms with E-state index in [0.717, 1.165) is 63.9 Å². The Bertz CT molecular complexity index is 521. The van der Waals surface area contributed by atoms with Gasteiger partial charge in [-0.1, -0.05) is 13.3 Å². The molecule has 2 saturated heterocycles. The molecule has 0 unspecified atom stereocenters. The topological polar surface area (TPSA) is 52.6 Å². The Morgan fingerprint density at radius 2 is 1.83 bits per heavy atom. The number of carbonyl (C=O) groups is 1. The first-order valence-electron chi connectivity index (χ1n) is 8.88. The first-order valence-corrected chi connectivity index (χ1v) is 8.88. The smallest absolute Gasteiger partial charge is 0.227 e. The molecule has 0 aliphatic carbocycles. The second kappa shape index (κ2) is 7.62. The van der Waals surface area contributed by atoms with Crippen LogP contribution in [0.2, 0.25) is 0 Å². The van der Waals surface area contributed by atoms with Crippen molar-refractivity contribution in [2.45, 2.75) is 39.0 Å². The third kappa shape index (κ3) is 3.92. The highest BCUT2D eigenvalue weighted by Crippen LogP contribution is 2.20. The zero-order chi connectivity index (χ0) is 16.1. The zero-order valence-electron chi connectivity index (χ0n) is 14.1. The van der Waals surface area contributed by atoms with E-state index in [2.05, 4.69) is 21.7 Å². The molecule has 0 aromatic carbocycles. The fraction of sp³-hybridized carbons (Fsp3) is 0.706. The van der Waals surface area contributed by atoms with Gasteiger partial charge in [-0.3, -0.25) is 4.79 Å². The van der Waals surface area contributed by atoms with E-state index in [1.54, 1.807) is 0 Å². The lowest BCUT2D eigenvalue weighted by Crippen LogP contribution is -2.49. The van der Waals surface area contributed by atoms with Gasteiger partial charge in [0.1, 0.15) is 5.82 Å². The predicted octanol–water partition coefficient (Wildman–Crippen LogP) is 1.92. The SMILES string of the molecule is CCCCC(=O)N1CCN(c2ccnc(N3CCCC3)n2)CC1. The number of hydrogen-bond donors (Lipinski definition) is 0. The van der Waals surface area contributed by atoms with Crippen LogP contribution in [0, 0.1) is 0 Å². The molecule has 0 spiro atoms. The molecule has 6 nitrogen and oxygen atoms in total. The summed E-state index contributed by atoms with van der Waals surface area (Å²) in [5.74, 6) is 2.14. The van der Waals surface area contributed by atoms with E-state index in [1.807, 2.05) is 17.2 Å². The van der Waals surface area contributed by atoms with E-state index >= 15 is 0 Å². The van der Waals surface area contributed by atoms with E-state index in [9.17, 15) is 4.79 Å². The Labute approximate surface area is 138 Å². The summed E-state index contributed by atoms with van der Waals surface area (Å²) < 4.78 is 0. The number of carbonyl (C=O) groups excluding carboxylic acids is 1. The Balaban J connectivity index is 1.57. The number of aromatic nitrogens is 2. The van der Waals surface area contributed by atoms with Crippen molar-refractivity contribution in [2.75, 3.05) is 49.1 Å². The monoisotopic (exact) mass is 317 g/mol. The van der Waals surface area contributed by atoms with Gasteiger partial charge in [-0.25, -0.2) is 4.98 Å². The number of hydrogen-bond acceptors (Lipinski definition) is 5. The molecule has 0 saturated carbocycles. The maximum absolute atomic E-state index is 12.1. The van der Waals surface area contributed by atoms with Crippen molar-refractivity contribution >= 4 is 17.7 Å². The second-order valence-corrected chi connectivity index (χ2v) is 6.38. The first kappa shape index (κ1) is 16.0. The number of amides is 1. The summed E-state index contributed by atoms with van der Waals surface area (Å²) in [5, 5.41) is 0. The quantitative estimate of drug-likeness (QED) is 0.830. The van der Waals surface area contributed by atoms with Crippen LogP contribution in [-0.2, 0) is 4.79 Å². The fourth-order valence-electron chi connectivity index (χ4n) is 3.26. The Kier molecular flexibility index (Phi) is 5.31. The number of nitrogens with zero attached hydrogens (tertiary/aromatic N) is 5. The van der Waals surface area contributed by atoms with Crippen molar-refractivity contribution in [1.29, 1.82) is 0 Å². The molecule has 2 aliphatic heterocycles. The third-order valence-corrected chi connectivity index (χ3v) is 4.72. The Morgan fingerprint density at radius 3 is 2.52 bits per heavy atom. The first-order chi connectivity index (χ1) is 11.3. The number of piperazine rings is 1. The van der Waals surface area contributed by atoms with Gasteiger partial charge in [-0.15, -0.1) is 0 Å². The maximum atomic E-state index is 12.1. The average molecular weight is 317 g/mol. The molecule has 2 aliphatic rings. The molecule has 1 aromatic heterocycles. The Morgan fingerprint density at radius 1 is 1.09 bits per heavy atom. The molecule has 2 fully saturated rings. The van der Waals surface area contributed by atoms with Gasteiger partial charge in [0.2, 0.25) is 11.9 Å². The molecule has 0 atom stereocenters. The van der Waals surface area contributed by atoms with Crippen LogP contribution in [0.3, 0.4) is 0 Å². The minimum atomic E-state index is 0.298. The number of rotatable bonds is 5. The highest BCUT2D eigenvalue weighted by molar-refractivity contribution is 5.76. The largest absolute Gasteiger partial charge is 0.353 e. The molecule has 3 heterocycles. The van der Waals surface area contributed by atoms with Crippen molar-refractivity contribution in [3.8, 4) is 0 Å². The minimum Gasteiger partial charge on any atom is -0.353 e. The van der Waals surface area contributed by atoms with Gasteiger partial charge >= 0.3 is 0 Å². The van der Waals surface area contributed by atoms with Crippen LogP contribution >= 0.6 is 0 Å². The van der Waals surface area contributed by atoms with Crippen LogP contribution in [0.25, 0.3) is 0 Å². The number of unbranched alkanes of at least 4 members (excludes halogenated alkanes) is 1. The van der Waals surface area contributed by atoms with Gasteiger partial charge in [-0.05, 0) is 25.3 Å². The van der Waals surface area contributed by atoms with Crippen LogP contribution in [-0.4, -0.2) is 60.0 Å². The molecule has 23 heavy (non-hydrogen) atoms. The van der Waals surface area contributed by atoms with Crippen molar-refractivity contribution in [3.05, 3.63) is 12.3 Å². The van der Waals surface area contributed by atoms with E-state index in [-0.39, 0.29) is 0 Å². The van der Waals surface area contributed by atoms with Gasteiger partial charge in [0.15, 0.2) is 0 Å². The van der Waals surface area contributed by atoms with Crippen LogP contribution in [0.5, 0.6) is 0 Å². The molecule has 0 bridgehead atoms. The van der Waals surface area contributed by atoms with Crippen LogP contribution in [0.1, 0.15) is 39.0 Å². The van der Waals surface area contributed by atoms with Gasteiger partial charge < -0.3 is 14.7 Å². The van der Waals surface area contributed by atoms with Crippen LogP contribution in [0.4, 0.5) is 11.8 Å². The van der Waals surface area contributed by atoms with E-state index in [4.69, 9.17) is 4.98 Å². The molecular weight excluding hydrogens is 290 g/mol. The lowest BCUT2D eigenvalue weighted by atomic mass is 10.2. The summed E-state index contributed by atoms with van der Waals surface area (Å²) in [6, 6.07) is 1.98. The summed E-state index contributed by atoms with van der Waals surface area (Å²) in [5.41, 5.74) is 0. The minimum absolute atomic E-state index is 0.298. The van der Waals surface area contributed by atoms with Crippen LogP contribution in [0.15, 0.2) is 12.3 Å². The average Bonchev–Trinajstić information content (AvgIpc) is 3.14. The van der Waals surface area contributed by atoms with Gasteiger partial charge in [0, 0.05) is 51.9 Å². The summed E-state index contributed by atoms with van der Waals surface area (Å²) in [4.78, 5) is 27.8. The summed E-state index contributed by atoms with van der Waals surface area (Å²) in [6.07, 6.45) is 7.06. The number of anilines is 2. The Hall–Kier alpha value is -1.85. The van der Waals surface area contributed by atoms with Crippen molar-refractivity contribution < 1.29 is 4.79 Å². The molecule has 0 radical (unpaired) electrons. The highest BCUT2D eigenvalue weighted by atomic mass is 16.2. The summed E-state index contributed by atoms with van der Waals surface area (Å²) in [7, 11) is 0. The molecule has 6 heteroatoms. The van der Waals surface area contributed by atoms with E-state index in [0.29, 0.717) is 12.3 Å². The molecule has 3 rings (SSSR count). The molecule has 126 valence electrons. The normalized spacial score (nSPS) is 18.6. The molecule has 1 aromatic rings. The van der Waals surface area contributed by atoms with Crippen LogP contribution < -0.4 is 9.80 Å². The van der Waals surface area contributed by atoms with Crippen molar-refractivity contribution in [2.24, 2.45) is 0 Å². The predicted molar refractivity (Wildman–Crippen MR) is 91.8 cm³/mol. The molecular formula is C17H27N5O. The van der Waals surface area contributed by atoms with Crippen molar-refractivity contribution in [1.82, 2.24) is 14.9 Å². The third-order valence-electron chi connectivity index (χ3n) is 4.72. The van der Waals surface area contributed by atoms with Gasteiger partial charge in [0.05, 0.1) is 0 Å². The summed E-state index contributed by atoms with van der Waals surface area (Å²) >= 11 is 0. The van der Waals surface area contributed by atoms with E-state index in [1.165, 1.54) is 12.8 Å². The van der Waals surface area contributed by atoms with Crippen molar-refractivity contribution in [3.63, 3.8) is 0 Å². The standard InChI is InChI=1S/C17H27N5O/c1-2-3-6-16(23)21-13-11-20(12-14-21)15-7-8-18-17(19-15)22-9-4-5-10-22/h7-8H,2-6,9-14H2,1H3. The lowest BCUT2D eigenvalue weighted by Gasteiger charge is -2.35. The molecule has 0 N–H and O–H groups in total. The second-order valence-electron chi connectivity index (χ2n) is 6.38.